The van der Waals surface area contributed by atoms with Gasteiger partial charge in [-0.1, -0.05) is 147 Å². The van der Waals surface area contributed by atoms with Crippen LogP contribution < -0.4 is 5.32 Å². The van der Waals surface area contributed by atoms with E-state index in [0.29, 0.717) is 6.42 Å². The van der Waals surface area contributed by atoms with E-state index in [9.17, 15) is 30.3 Å². The Morgan fingerprint density at radius 3 is 1.80 bits per heavy atom. The largest absolute Gasteiger partial charge is 0.394 e. The van der Waals surface area contributed by atoms with Gasteiger partial charge in [-0.05, 0) is 19.3 Å². The summed E-state index contributed by atoms with van der Waals surface area (Å²) in [6, 6.07) is -0.829. The van der Waals surface area contributed by atoms with E-state index >= 15 is 0 Å². The molecule has 1 aliphatic rings. The Hall–Kier alpha value is -1.33. The first-order valence-electron chi connectivity index (χ1n) is 18.6. The van der Waals surface area contributed by atoms with Gasteiger partial charge in [0.05, 0.1) is 25.4 Å². The second-order valence-corrected chi connectivity index (χ2v) is 13.1. The minimum atomic E-state index is -1.57. The van der Waals surface area contributed by atoms with Gasteiger partial charge in [-0.25, -0.2) is 0 Å². The maximum atomic E-state index is 12.8. The van der Waals surface area contributed by atoms with Crippen LogP contribution >= 0.6 is 0 Å². The van der Waals surface area contributed by atoms with Crippen LogP contribution in [0.4, 0.5) is 0 Å². The van der Waals surface area contributed by atoms with Gasteiger partial charge in [-0.3, -0.25) is 4.79 Å². The summed E-state index contributed by atoms with van der Waals surface area (Å²) in [4.78, 5) is 12.8. The van der Waals surface area contributed by atoms with Gasteiger partial charge in [-0.2, -0.15) is 0 Å². The topological polar surface area (TPSA) is 149 Å². The molecule has 0 aliphatic carbocycles. The van der Waals surface area contributed by atoms with Crippen molar-refractivity contribution in [2.45, 2.75) is 192 Å². The van der Waals surface area contributed by atoms with Crippen molar-refractivity contribution in [2.75, 3.05) is 13.2 Å². The summed E-state index contributed by atoms with van der Waals surface area (Å²) >= 11 is 0. The summed E-state index contributed by atoms with van der Waals surface area (Å²) in [6.07, 6.45) is 23.8. The molecule has 0 aromatic rings. The number of carbonyl (C=O) groups is 1. The van der Waals surface area contributed by atoms with Gasteiger partial charge in [0.15, 0.2) is 6.29 Å². The molecule has 0 spiro atoms. The quantitative estimate of drug-likeness (QED) is 0.0425. The van der Waals surface area contributed by atoms with Crippen LogP contribution in [0.25, 0.3) is 0 Å². The van der Waals surface area contributed by atoms with Crippen molar-refractivity contribution in [1.82, 2.24) is 5.32 Å². The smallest absolute Gasteiger partial charge is 0.220 e. The number of amides is 1. The first-order chi connectivity index (χ1) is 22.3. The first-order valence-corrected chi connectivity index (χ1v) is 18.6. The van der Waals surface area contributed by atoms with Crippen LogP contribution in [0.1, 0.15) is 149 Å². The van der Waals surface area contributed by atoms with Crippen molar-refractivity contribution in [3.05, 3.63) is 24.3 Å². The van der Waals surface area contributed by atoms with Crippen molar-refractivity contribution in [3.63, 3.8) is 0 Å². The molecule has 6 N–H and O–H groups in total. The molecule has 0 aromatic heterocycles. The van der Waals surface area contributed by atoms with Crippen molar-refractivity contribution in [2.24, 2.45) is 0 Å². The van der Waals surface area contributed by atoms with E-state index in [-0.39, 0.29) is 12.5 Å². The lowest BCUT2D eigenvalue weighted by Crippen LogP contribution is -2.60. The molecule has 1 heterocycles. The molecule has 0 aromatic carbocycles. The molecule has 9 heteroatoms. The summed E-state index contributed by atoms with van der Waals surface area (Å²) in [5.74, 6) is -0.198. The highest BCUT2D eigenvalue weighted by molar-refractivity contribution is 5.76. The number of hydrogen-bond donors (Lipinski definition) is 6. The van der Waals surface area contributed by atoms with Crippen LogP contribution in [0.5, 0.6) is 0 Å². The van der Waals surface area contributed by atoms with Crippen LogP contribution in [-0.2, 0) is 14.3 Å². The Morgan fingerprint density at radius 2 is 1.26 bits per heavy atom. The number of carbonyl (C=O) groups excluding carboxylic acids is 1. The number of hydrogen-bond acceptors (Lipinski definition) is 8. The van der Waals surface area contributed by atoms with Crippen molar-refractivity contribution in [1.29, 1.82) is 0 Å². The zero-order valence-corrected chi connectivity index (χ0v) is 29.1. The fraction of sp³-hybridized carbons (Fsp3) is 0.865. The fourth-order valence-electron chi connectivity index (χ4n) is 5.74. The average Bonchev–Trinajstić information content (AvgIpc) is 3.05. The van der Waals surface area contributed by atoms with Crippen molar-refractivity contribution >= 4 is 5.91 Å². The van der Waals surface area contributed by atoms with E-state index in [4.69, 9.17) is 9.47 Å². The zero-order chi connectivity index (χ0) is 33.8. The summed E-state index contributed by atoms with van der Waals surface area (Å²) in [7, 11) is 0. The second-order valence-electron chi connectivity index (χ2n) is 13.1. The SMILES string of the molecule is CCCCCCC/C=C/C=C/[C@@H](O)[C@H](CO[C@H]1O[C@@H](CO)[C@H](O)C(O)C1O)NC(=O)CCCCCCCCCCCCCCCC. The molecule has 0 bridgehead atoms. The molecule has 1 rings (SSSR count). The highest BCUT2D eigenvalue weighted by atomic mass is 16.7. The average molecular weight is 656 g/mol. The highest BCUT2D eigenvalue weighted by Gasteiger charge is 2.44. The molecule has 9 nitrogen and oxygen atoms in total. The molecule has 1 aliphatic heterocycles. The number of rotatable bonds is 29. The van der Waals surface area contributed by atoms with E-state index in [2.05, 4.69) is 25.2 Å². The summed E-state index contributed by atoms with van der Waals surface area (Å²) < 4.78 is 11.1. The standard InChI is InChI=1S/C37H69NO8/c1-3-5-7-9-11-13-14-15-16-17-19-21-23-25-27-33(41)38-30(31(40)26-24-22-20-18-12-10-8-6-4-2)29-45-37-36(44)35(43)34(42)32(28-39)46-37/h20,22,24,26,30-32,34-37,39-40,42-44H,3-19,21,23,25,27-29H2,1-2H3,(H,38,41)/b22-20+,26-24+/t30-,31+,32-,34-,35?,36?,37-/m0/s1. The highest BCUT2D eigenvalue weighted by Crippen LogP contribution is 2.22. The van der Waals surface area contributed by atoms with E-state index in [0.717, 1.165) is 32.1 Å². The maximum absolute atomic E-state index is 12.8. The monoisotopic (exact) mass is 656 g/mol. The third-order valence-electron chi connectivity index (χ3n) is 8.83. The Balaban J connectivity index is 2.47. The van der Waals surface area contributed by atoms with Crippen LogP contribution in [0.15, 0.2) is 24.3 Å². The van der Waals surface area contributed by atoms with Crippen molar-refractivity contribution in [3.8, 4) is 0 Å². The number of aliphatic hydroxyl groups is 5. The van der Waals surface area contributed by atoms with Gasteiger partial charge in [0.2, 0.25) is 5.91 Å². The number of aliphatic hydroxyl groups excluding tert-OH is 5. The number of nitrogens with one attached hydrogen (secondary N) is 1. The minimum Gasteiger partial charge on any atom is -0.394 e. The molecular formula is C37H69NO8. The minimum absolute atomic E-state index is 0.198. The molecule has 2 unspecified atom stereocenters. The predicted molar refractivity (Wildman–Crippen MR) is 184 cm³/mol. The van der Waals surface area contributed by atoms with Gasteiger partial charge in [0.25, 0.3) is 0 Å². The molecule has 270 valence electrons. The lowest BCUT2D eigenvalue weighted by atomic mass is 9.99. The third kappa shape index (κ3) is 20.1. The molecule has 1 amide bonds. The Morgan fingerprint density at radius 1 is 0.739 bits per heavy atom. The fourth-order valence-corrected chi connectivity index (χ4v) is 5.74. The van der Waals surface area contributed by atoms with Crippen LogP contribution in [0, 0.1) is 0 Å². The molecule has 7 atom stereocenters. The molecule has 0 saturated carbocycles. The summed E-state index contributed by atoms with van der Waals surface area (Å²) in [6.45, 7) is 3.67. The zero-order valence-electron chi connectivity index (χ0n) is 29.1. The second kappa shape index (κ2) is 28.7. The molecular weight excluding hydrogens is 586 g/mol. The van der Waals surface area contributed by atoms with Crippen molar-refractivity contribution < 1.29 is 39.8 Å². The van der Waals surface area contributed by atoms with Gasteiger partial charge in [-0.15, -0.1) is 0 Å². The van der Waals surface area contributed by atoms with E-state index < -0.39 is 49.5 Å². The van der Waals surface area contributed by atoms with E-state index in [1.165, 1.54) is 96.3 Å². The number of ether oxygens (including phenoxy) is 2. The maximum Gasteiger partial charge on any atom is 0.220 e. The van der Waals surface area contributed by atoms with E-state index in [1.54, 1.807) is 12.2 Å². The first kappa shape index (κ1) is 42.7. The lowest BCUT2D eigenvalue weighted by Gasteiger charge is -2.40. The Labute approximate surface area is 279 Å². The molecule has 1 fully saturated rings. The van der Waals surface area contributed by atoms with E-state index in [1.807, 2.05) is 6.08 Å². The lowest BCUT2D eigenvalue weighted by molar-refractivity contribution is -0.302. The Bertz CT molecular complexity index is 776. The molecule has 1 saturated heterocycles. The summed E-state index contributed by atoms with van der Waals surface area (Å²) in [5, 5.41) is 53.7. The molecule has 0 radical (unpaired) electrons. The molecule has 46 heavy (non-hydrogen) atoms. The van der Waals surface area contributed by atoms with Gasteiger partial charge in [0, 0.05) is 6.42 Å². The van der Waals surface area contributed by atoms with Crippen LogP contribution in [0.2, 0.25) is 0 Å². The Kier molecular flexibility index (Phi) is 26.6. The number of allylic oxidation sites excluding steroid dienone is 3. The van der Waals surface area contributed by atoms with Gasteiger partial charge >= 0.3 is 0 Å². The summed E-state index contributed by atoms with van der Waals surface area (Å²) in [5.41, 5.74) is 0. The normalized spacial score (nSPS) is 23.3. The number of unbranched alkanes of at least 4 members (excludes halogenated alkanes) is 18. The van der Waals surface area contributed by atoms with Gasteiger partial charge in [0.1, 0.15) is 24.4 Å². The van der Waals surface area contributed by atoms with Crippen LogP contribution in [-0.4, -0.2) is 87.5 Å². The van der Waals surface area contributed by atoms with Crippen LogP contribution in [0.3, 0.4) is 0 Å². The van der Waals surface area contributed by atoms with Gasteiger partial charge < -0.3 is 40.3 Å². The predicted octanol–water partition coefficient (Wildman–Crippen LogP) is 5.99. The third-order valence-corrected chi connectivity index (χ3v) is 8.83.